The summed E-state index contributed by atoms with van der Waals surface area (Å²) in [4.78, 5) is 14.0. The minimum absolute atomic E-state index is 0.103. The molecule has 0 saturated heterocycles. The van der Waals surface area contributed by atoms with Crippen molar-refractivity contribution in [3.63, 3.8) is 0 Å². The summed E-state index contributed by atoms with van der Waals surface area (Å²) in [5.74, 6) is 0. The van der Waals surface area contributed by atoms with Gasteiger partial charge in [0.05, 0.1) is 11.5 Å². The van der Waals surface area contributed by atoms with Crippen molar-refractivity contribution < 1.29 is 13.3 Å². The second-order valence-corrected chi connectivity index (χ2v) is 9.90. The van der Waals surface area contributed by atoms with Crippen LogP contribution in [0.3, 0.4) is 0 Å². The number of fused-ring (bicyclic) bond motifs is 5. The minimum atomic E-state index is -4.10. The van der Waals surface area contributed by atoms with Crippen LogP contribution < -0.4 is 0 Å². The highest BCUT2D eigenvalue weighted by Gasteiger charge is 2.33. The molecule has 1 aromatic heterocycles. The molecule has 0 saturated carbocycles. The summed E-state index contributed by atoms with van der Waals surface area (Å²) in [6.45, 7) is 2.35. The van der Waals surface area contributed by atoms with Crippen LogP contribution >= 0.6 is 0 Å². The Bertz CT molecular complexity index is 1470. The number of sulfonamides is 1. The topological polar surface area (TPSA) is 96.3 Å². The number of nitro benzene ring substituents is 1. The van der Waals surface area contributed by atoms with E-state index in [0.29, 0.717) is 6.42 Å². The van der Waals surface area contributed by atoms with Crippen LogP contribution in [0.4, 0.5) is 5.69 Å². The van der Waals surface area contributed by atoms with Gasteiger partial charge in [0, 0.05) is 34.8 Å². The highest BCUT2D eigenvalue weighted by Crippen LogP contribution is 2.38. The zero-order valence-corrected chi connectivity index (χ0v) is 18.2. The van der Waals surface area contributed by atoms with Gasteiger partial charge in [-0.2, -0.15) is 4.31 Å². The third-order valence-electron chi connectivity index (χ3n) is 5.96. The van der Waals surface area contributed by atoms with E-state index in [1.165, 1.54) is 28.6 Å². The van der Waals surface area contributed by atoms with Crippen LogP contribution in [-0.2, 0) is 23.0 Å². The smallest absolute Gasteiger partial charge is 0.289 e. The Hall–Kier alpha value is -3.49. The molecular weight excluding hydrogens is 426 g/mol. The third kappa shape index (κ3) is 3.28. The van der Waals surface area contributed by atoms with Gasteiger partial charge in [0.2, 0.25) is 10.0 Å². The number of nitrogens with zero attached hydrogens (tertiary/aromatic N) is 2. The molecule has 0 fully saturated rings. The molecule has 5 rings (SSSR count). The van der Waals surface area contributed by atoms with E-state index >= 15 is 0 Å². The van der Waals surface area contributed by atoms with Gasteiger partial charge in [-0.1, -0.05) is 48.0 Å². The molecule has 3 aromatic carbocycles. The van der Waals surface area contributed by atoms with Crippen molar-refractivity contribution in [2.24, 2.45) is 0 Å². The van der Waals surface area contributed by atoms with Gasteiger partial charge in [-0.15, -0.1) is 0 Å². The van der Waals surface area contributed by atoms with Gasteiger partial charge in [-0.3, -0.25) is 10.1 Å². The van der Waals surface area contributed by atoms with Gasteiger partial charge >= 0.3 is 0 Å². The standard InChI is InChI=1S/C24H21N3O4S/c1-16-10-11-20-19(14-16)24-18-7-3-2-6-17(18)12-13-26(15-21(24)25-20)32(30,31)23-9-5-4-8-22(23)27(28)29/h2-11,14,25H,12-13,15H2,1H3. The first-order valence-corrected chi connectivity index (χ1v) is 11.7. The van der Waals surface area contributed by atoms with Crippen molar-refractivity contribution in [2.75, 3.05) is 6.54 Å². The molecule has 1 N–H and O–H groups in total. The summed E-state index contributed by atoms with van der Waals surface area (Å²) >= 11 is 0. The summed E-state index contributed by atoms with van der Waals surface area (Å²) < 4.78 is 28.5. The largest absolute Gasteiger partial charge is 0.357 e. The van der Waals surface area contributed by atoms with Crippen LogP contribution in [0, 0.1) is 17.0 Å². The number of hydrogen-bond donors (Lipinski definition) is 1. The Morgan fingerprint density at radius 2 is 1.78 bits per heavy atom. The molecule has 162 valence electrons. The molecule has 0 amide bonds. The van der Waals surface area contributed by atoms with Gasteiger partial charge < -0.3 is 4.98 Å². The third-order valence-corrected chi connectivity index (χ3v) is 7.86. The van der Waals surface area contributed by atoms with E-state index in [1.54, 1.807) is 0 Å². The number of aromatic amines is 1. The SMILES string of the molecule is Cc1ccc2[nH]c3c(c2c1)-c1ccccc1CCN(S(=O)(=O)c1ccccc1[N+](=O)[O-])C3. The highest BCUT2D eigenvalue weighted by atomic mass is 32.2. The van der Waals surface area contributed by atoms with E-state index < -0.39 is 20.6 Å². The molecule has 0 aliphatic carbocycles. The molecule has 0 bridgehead atoms. The molecule has 1 aliphatic heterocycles. The zero-order valence-electron chi connectivity index (χ0n) is 17.4. The number of aromatic nitrogens is 1. The number of para-hydroxylation sites is 1. The fraction of sp³-hybridized carbons (Fsp3) is 0.167. The normalized spacial score (nSPS) is 14.4. The molecule has 7 nitrogen and oxygen atoms in total. The fourth-order valence-corrected chi connectivity index (χ4v) is 6.01. The molecule has 0 atom stereocenters. The summed E-state index contributed by atoms with van der Waals surface area (Å²) in [6.07, 6.45) is 0.508. The molecule has 0 radical (unpaired) electrons. The van der Waals surface area contributed by atoms with Crippen LogP contribution in [0.5, 0.6) is 0 Å². The second kappa shape index (κ2) is 7.58. The van der Waals surface area contributed by atoms with Crippen LogP contribution in [0.25, 0.3) is 22.0 Å². The Balaban J connectivity index is 1.70. The number of hydrogen-bond acceptors (Lipinski definition) is 4. The zero-order chi connectivity index (χ0) is 22.5. The number of aryl methyl sites for hydroxylation is 1. The van der Waals surface area contributed by atoms with E-state index in [2.05, 4.69) is 17.1 Å². The lowest BCUT2D eigenvalue weighted by Gasteiger charge is -2.25. The van der Waals surface area contributed by atoms with Gasteiger partial charge in [0.1, 0.15) is 0 Å². The lowest BCUT2D eigenvalue weighted by Crippen LogP contribution is -2.34. The minimum Gasteiger partial charge on any atom is -0.357 e. The van der Waals surface area contributed by atoms with Crippen molar-refractivity contribution in [1.29, 1.82) is 0 Å². The average molecular weight is 448 g/mol. The van der Waals surface area contributed by atoms with Crippen molar-refractivity contribution in [2.45, 2.75) is 24.8 Å². The summed E-state index contributed by atoms with van der Waals surface area (Å²) in [6, 6.07) is 19.6. The quantitative estimate of drug-likeness (QED) is 0.360. The first-order valence-electron chi connectivity index (χ1n) is 10.3. The van der Waals surface area contributed by atoms with Crippen molar-refractivity contribution >= 4 is 26.6 Å². The van der Waals surface area contributed by atoms with E-state index in [0.717, 1.165) is 38.9 Å². The number of H-pyrrole nitrogens is 1. The molecule has 32 heavy (non-hydrogen) atoms. The van der Waals surface area contributed by atoms with E-state index in [1.807, 2.05) is 37.3 Å². The first-order chi connectivity index (χ1) is 15.4. The molecular formula is C24H21N3O4S. The number of nitro groups is 1. The van der Waals surface area contributed by atoms with Crippen LogP contribution in [-0.4, -0.2) is 29.2 Å². The average Bonchev–Trinajstić information content (AvgIpc) is 3.11. The molecule has 2 heterocycles. The summed E-state index contributed by atoms with van der Waals surface area (Å²) in [5, 5.41) is 12.5. The van der Waals surface area contributed by atoms with E-state index in [4.69, 9.17) is 0 Å². The van der Waals surface area contributed by atoms with Gasteiger partial charge in [0.25, 0.3) is 5.69 Å². The molecule has 1 aliphatic rings. The maximum Gasteiger partial charge on any atom is 0.289 e. The van der Waals surface area contributed by atoms with Crippen molar-refractivity contribution in [3.8, 4) is 11.1 Å². The lowest BCUT2D eigenvalue weighted by molar-refractivity contribution is -0.387. The number of benzene rings is 3. The van der Waals surface area contributed by atoms with E-state index in [-0.39, 0.29) is 18.0 Å². The van der Waals surface area contributed by atoms with Crippen molar-refractivity contribution in [1.82, 2.24) is 9.29 Å². The Morgan fingerprint density at radius 1 is 1.03 bits per heavy atom. The van der Waals surface area contributed by atoms with Crippen LogP contribution in [0.15, 0.2) is 71.6 Å². The van der Waals surface area contributed by atoms with Gasteiger partial charge in [-0.25, -0.2) is 8.42 Å². The molecule has 0 spiro atoms. The Kier molecular flexibility index (Phi) is 4.83. The fourth-order valence-electron chi connectivity index (χ4n) is 4.44. The molecule has 8 heteroatoms. The molecule has 4 aromatic rings. The monoisotopic (exact) mass is 447 g/mol. The van der Waals surface area contributed by atoms with E-state index in [9.17, 15) is 18.5 Å². The Morgan fingerprint density at radius 3 is 2.59 bits per heavy atom. The highest BCUT2D eigenvalue weighted by molar-refractivity contribution is 7.89. The van der Waals surface area contributed by atoms with Crippen molar-refractivity contribution in [3.05, 3.63) is 93.7 Å². The number of rotatable bonds is 3. The summed E-state index contributed by atoms with van der Waals surface area (Å²) in [5.41, 5.74) is 5.52. The molecule has 0 unspecified atom stereocenters. The Labute approximate surface area is 185 Å². The van der Waals surface area contributed by atoms with Crippen LogP contribution in [0.1, 0.15) is 16.8 Å². The van der Waals surface area contributed by atoms with Gasteiger partial charge in [-0.05, 0) is 42.7 Å². The second-order valence-electron chi connectivity index (χ2n) is 8.00. The van der Waals surface area contributed by atoms with Crippen LogP contribution in [0.2, 0.25) is 0 Å². The summed E-state index contributed by atoms with van der Waals surface area (Å²) in [7, 11) is -4.10. The maximum atomic E-state index is 13.6. The predicted molar refractivity (Wildman–Crippen MR) is 123 cm³/mol. The lowest BCUT2D eigenvalue weighted by atomic mass is 9.93. The first kappa shape index (κ1) is 20.4. The van der Waals surface area contributed by atoms with Gasteiger partial charge in [0.15, 0.2) is 4.90 Å². The predicted octanol–water partition coefficient (Wildman–Crippen LogP) is 4.80. The maximum absolute atomic E-state index is 13.6. The number of nitrogens with one attached hydrogen (secondary N) is 1.